The Labute approximate surface area is 151 Å². The molecule has 3 rings (SSSR count). The number of hydrogen-bond acceptors (Lipinski definition) is 4. The Bertz CT molecular complexity index is 581. The number of amides is 1. The predicted molar refractivity (Wildman–Crippen MR) is 95.1 cm³/mol. The van der Waals surface area contributed by atoms with Crippen molar-refractivity contribution in [3.63, 3.8) is 0 Å². The van der Waals surface area contributed by atoms with Crippen LogP contribution in [0.1, 0.15) is 46.5 Å². The molecule has 1 aliphatic carbocycles. The molecule has 0 radical (unpaired) electrons. The summed E-state index contributed by atoms with van der Waals surface area (Å²) in [7, 11) is 0. The van der Waals surface area contributed by atoms with Crippen molar-refractivity contribution in [2.45, 2.75) is 58.2 Å². The van der Waals surface area contributed by atoms with Crippen LogP contribution >= 0.6 is 15.9 Å². The number of ether oxygens (including phenoxy) is 2. The second-order valence-electron chi connectivity index (χ2n) is 7.93. The number of likely N-dealkylation sites (tertiary alicyclic amines) is 1. The third kappa shape index (κ3) is 4.21. The van der Waals surface area contributed by atoms with E-state index in [9.17, 15) is 4.79 Å². The van der Waals surface area contributed by atoms with Crippen molar-refractivity contribution in [3.8, 4) is 5.75 Å². The first-order chi connectivity index (χ1) is 11.2. The summed E-state index contributed by atoms with van der Waals surface area (Å²) >= 11 is 3.33. The zero-order chi connectivity index (χ0) is 17.4. The second-order valence-corrected chi connectivity index (χ2v) is 8.74. The molecule has 5 nitrogen and oxygen atoms in total. The number of rotatable bonds is 2. The lowest BCUT2D eigenvalue weighted by Crippen LogP contribution is -2.52. The van der Waals surface area contributed by atoms with E-state index in [4.69, 9.17) is 9.47 Å². The van der Waals surface area contributed by atoms with Gasteiger partial charge in [0.1, 0.15) is 16.0 Å². The van der Waals surface area contributed by atoms with Crippen LogP contribution in [0.25, 0.3) is 0 Å². The van der Waals surface area contributed by atoms with Crippen molar-refractivity contribution in [1.82, 2.24) is 9.88 Å². The minimum Gasteiger partial charge on any atom is -0.489 e. The number of aromatic nitrogens is 1. The number of carbonyl (C=O) groups is 1. The van der Waals surface area contributed by atoms with E-state index in [2.05, 4.69) is 20.9 Å². The molecule has 0 bridgehead atoms. The van der Waals surface area contributed by atoms with Crippen molar-refractivity contribution in [2.75, 3.05) is 13.1 Å². The number of nitrogens with zero attached hydrogens (tertiary/aromatic N) is 2. The highest BCUT2D eigenvalue weighted by Crippen LogP contribution is 2.50. The van der Waals surface area contributed by atoms with Crippen LogP contribution in [0.15, 0.2) is 22.9 Å². The molecule has 24 heavy (non-hydrogen) atoms. The lowest BCUT2D eigenvalue weighted by atomic mass is 9.61. The second kappa shape index (κ2) is 6.54. The van der Waals surface area contributed by atoms with Gasteiger partial charge in [0.15, 0.2) is 0 Å². The van der Waals surface area contributed by atoms with Gasteiger partial charge in [-0.05, 0) is 79.9 Å². The number of halogens is 1. The van der Waals surface area contributed by atoms with Crippen molar-refractivity contribution in [3.05, 3.63) is 22.9 Å². The van der Waals surface area contributed by atoms with Crippen molar-refractivity contribution in [1.29, 1.82) is 0 Å². The molecular formula is C18H25BrN2O3. The average molecular weight is 397 g/mol. The Morgan fingerprint density at radius 2 is 1.96 bits per heavy atom. The molecule has 1 spiro atoms. The molecule has 6 heteroatoms. The third-order valence-electron chi connectivity index (χ3n) is 4.80. The van der Waals surface area contributed by atoms with E-state index < -0.39 is 5.60 Å². The predicted octanol–water partition coefficient (Wildman–Crippen LogP) is 4.40. The van der Waals surface area contributed by atoms with Crippen LogP contribution in [0.5, 0.6) is 5.75 Å². The minimum atomic E-state index is -0.430. The maximum Gasteiger partial charge on any atom is 0.410 e. The fourth-order valence-electron chi connectivity index (χ4n) is 3.51. The van der Waals surface area contributed by atoms with E-state index >= 15 is 0 Å². The molecule has 2 aliphatic rings. The SMILES string of the molecule is CC(C)(C)OC(=O)N1CCC2(CC1)CC(Oc1ccc(Br)nc1)C2. The van der Waals surface area contributed by atoms with E-state index in [0.29, 0.717) is 5.41 Å². The summed E-state index contributed by atoms with van der Waals surface area (Å²) in [5.74, 6) is 0.823. The summed E-state index contributed by atoms with van der Waals surface area (Å²) in [6.45, 7) is 7.27. The number of pyridine rings is 1. The summed E-state index contributed by atoms with van der Waals surface area (Å²) in [6.07, 6.45) is 6.01. The highest BCUT2D eigenvalue weighted by molar-refractivity contribution is 9.10. The number of piperidine rings is 1. The van der Waals surface area contributed by atoms with E-state index in [1.165, 1.54) is 0 Å². The molecule has 1 saturated heterocycles. The summed E-state index contributed by atoms with van der Waals surface area (Å²) in [6, 6.07) is 3.83. The van der Waals surface area contributed by atoms with Crippen LogP contribution in [-0.4, -0.2) is 40.8 Å². The van der Waals surface area contributed by atoms with Gasteiger partial charge in [0.05, 0.1) is 12.3 Å². The molecular weight excluding hydrogens is 372 g/mol. The van der Waals surface area contributed by atoms with Crippen molar-refractivity contribution < 1.29 is 14.3 Å². The van der Waals surface area contributed by atoms with Crippen LogP contribution in [0.2, 0.25) is 0 Å². The first-order valence-electron chi connectivity index (χ1n) is 8.51. The molecule has 1 saturated carbocycles. The van der Waals surface area contributed by atoms with Crippen LogP contribution in [-0.2, 0) is 4.74 Å². The molecule has 0 aromatic carbocycles. The maximum absolute atomic E-state index is 12.1. The highest BCUT2D eigenvalue weighted by Gasteiger charge is 2.48. The average Bonchev–Trinajstić information content (AvgIpc) is 2.47. The first kappa shape index (κ1) is 17.5. The lowest BCUT2D eigenvalue weighted by molar-refractivity contribution is -0.0584. The van der Waals surface area contributed by atoms with Crippen molar-refractivity contribution >= 4 is 22.0 Å². The van der Waals surface area contributed by atoms with Crippen molar-refractivity contribution in [2.24, 2.45) is 5.41 Å². The number of carbonyl (C=O) groups excluding carboxylic acids is 1. The van der Waals surface area contributed by atoms with Gasteiger partial charge in [0, 0.05) is 13.1 Å². The Balaban J connectivity index is 1.45. The zero-order valence-corrected chi connectivity index (χ0v) is 16.1. The summed E-state index contributed by atoms with van der Waals surface area (Å²) in [5.41, 5.74) is -0.0910. The molecule has 2 fully saturated rings. The molecule has 2 heterocycles. The molecule has 1 aromatic heterocycles. The largest absolute Gasteiger partial charge is 0.489 e. The quantitative estimate of drug-likeness (QED) is 0.694. The maximum atomic E-state index is 12.1. The van der Waals surface area contributed by atoms with E-state index in [1.807, 2.05) is 37.8 Å². The number of hydrogen-bond donors (Lipinski definition) is 0. The Morgan fingerprint density at radius 3 is 2.50 bits per heavy atom. The van der Waals surface area contributed by atoms with Gasteiger partial charge >= 0.3 is 6.09 Å². The van der Waals surface area contributed by atoms with Gasteiger partial charge in [-0.3, -0.25) is 0 Å². The zero-order valence-electron chi connectivity index (χ0n) is 14.5. The Morgan fingerprint density at radius 1 is 1.29 bits per heavy atom. The first-order valence-corrected chi connectivity index (χ1v) is 9.30. The summed E-state index contributed by atoms with van der Waals surface area (Å²) < 4.78 is 12.3. The molecule has 0 unspecified atom stereocenters. The molecule has 1 aromatic rings. The standard InChI is InChI=1S/C18H25BrN2O3/c1-17(2,3)24-16(22)21-8-6-18(7-9-21)10-14(11-18)23-13-4-5-15(19)20-12-13/h4-5,12,14H,6-11H2,1-3H3. The molecule has 132 valence electrons. The fraction of sp³-hybridized carbons (Fsp3) is 0.667. The molecule has 1 aliphatic heterocycles. The summed E-state index contributed by atoms with van der Waals surface area (Å²) in [4.78, 5) is 18.2. The molecule has 1 amide bonds. The van der Waals surface area contributed by atoms with Crippen LogP contribution < -0.4 is 4.74 Å². The van der Waals surface area contributed by atoms with Crippen LogP contribution in [0, 0.1) is 5.41 Å². The van der Waals surface area contributed by atoms with Gasteiger partial charge in [0.2, 0.25) is 0 Å². The summed E-state index contributed by atoms with van der Waals surface area (Å²) in [5, 5.41) is 0. The Kier molecular flexibility index (Phi) is 4.78. The topological polar surface area (TPSA) is 51.7 Å². The van der Waals surface area contributed by atoms with E-state index in [1.54, 1.807) is 6.20 Å². The third-order valence-corrected chi connectivity index (χ3v) is 5.27. The lowest BCUT2D eigenvalue weighted by Gasteiger charge is -2.51. The van der Waals surface area contributed by atoms with Crippen LogP contribution in [0.4, 0.5) is 4.79 Å². The monoisotopic (exact) mass is 396 g/mol. The van der Waals surface area contributed by atoms with Gasteiger partial charge in [-0.25, -0.2) is 9.78 Å². The smallest absolute Gasteiger partial charge is 0.410 e. The van der Waals surface area contributed by atoms with Gasteiger partial charge in [-0.15, -0.1) is 0 Å². The molecule has 0 N–H and O–H groups in total. The van der Waals surface area contributed by atoms with Gasteiger partial charge < -0.3 is 14.4 Å². The van der Waals surface area contributed by atoms with Crippen LogP contribution in [0.3, 0.4) is 0 Å². The van der Waals surface area contributed by atoms with Gasteiger partial charge in [-0.1, -0.05) is 0 Å². The fourth-order valence-corrected chi connectivity index (χ4v) is 3.75. The van der Waals surface area contributed by atoms with Gasteiger partial charge in [0.25, 0.3) is 0 Å². The minimum absolute atomic E-state index is 0.189. The normalized spacial score (nSPS) is 20.6. The van der Waals surface area contributed by atoms with E-state index in [-0.39, 0.29) is 12.2 Å². The molecule has 0 atom stereocenters. The Hall–Kier alpha value is -1.30. The van der Waals surface area contributed by atoms with E-state index in [0.717, 1.165) is 49.1 Å². The van der Waals surface area contributed by atoms with Gasteiger partial charge in [-0.2, -0.15) is 0 Å². The highest BCUT2D eigenvalue weighted by atomic mass is 79.9.